The average molecular weight is 287 g/mol. The Bertz CT molecular complexity index is 544. The SMILES string of the molecule is CCCNC(C)c1nnnn1Cc1ccc(C(C)C)cc1. The second-order valence-corrected chi connectivity index (χ2v) is 5.77. The first-order valence-electron chi connectivity index (χ1n) is 7.70. The minimum atomic E-state index is 0.162. The van der Waals surface area contributed by atoms with Gasteiger partial charge in [0, 0.05) is 0 Å². The summed E-state index contributed by atoms with van der Waals surface area (Å²) >= 11 is 0. The maximum atomic E-state index is 4.15. The lowest BCUT2D eigenvalue weighted by molar-refractivity contribution is 0.503. The fourth-order valence-corrected chi connectivity index (χ4v) is 2.27. The van der Waals surface area contributed by atoms with Gasteiger partial charge in [0.15, 0.2) is 5.82 Å². The van der Waals surface area contributed by atoms with E-state index in [0.29, 0.717) is 12.5 Å². The van der Waals surface area contributed by atoms with Crippen LogP contribution in [0.4, 0.5) is 0 Å². The van der Waals surface area contributed by atoms with Crippen LogP contribution in [0.25, 0.3) is 0 Å². The lowest BCUT2D eigenvalue weighted by Crippen LogP contribution is -2.23. The number of tetrazole rings is 1. The predicted molar refractivity (Wildman–Crippen MR) is 84.2 cm³/mol. The van der Waals surface area contributed by atoms with Gasteiger partial charge in [-0.1, -0.05) is 45.0 Å². The van der Waals surface area contributed by atoms with Gasteiger partial charge in [-0.25, -0.2) is 4.68 Å². The van der Waals surface area contributed by atoms with Gasteiger partial charge in [-0.2, -0.15) is 0 Å². The molecular formula is C16H25N5. The second kappa shape index (κ2) is 7.31. The molecule has 1 aromatic carbocycles. The van der Waals surface area contributed by atoms with Crippen LogP contribution in [-0.2, 0) is 6.54 Å². The number of nitrogens with one attached hydrogen (secondary N) is 1. The highest BCUT2D eigenvalue weighted by molar-refractivity contribution is 5.24. The molecule has 114 valence electrons. The number of hydrogen-bond donors (Lipinski definition) is 1. The van der Waals surface area contributed by atoms with Gasteiger partial charge in [-0.15, -0.1) is 5.10 Å². The smallest absolute Gasteiger partial charge is 0.168 e. The zero-order valence-electron chi connectivity index (χ0n) is 13.4. The summed E-state index contributed by atoms with van der Waals surface area (Å²) in [5.41, 5.74) is 2.57. The van der Waals surface area contributed by atoms with Crippen molar-refractivity contribution in [2.24, 2.45) is 0 Å². The number of aromatic nitrogens is 4. The van der Waals surface area contributed by atoms with Gasteiger partial charge in [0.1, 0.15) is 0 Å². The molecule has 0 amide bonds. The van der Waals surface area contributed by atoms with E-state index in [1.54, 1.807) is 0 Å². The molecule has 1 atom stereocenters. The third-order valence-corrected chi connectivity index (χ3v) is 3.63. The molecule has 0 saturated heterocycles. The number of hydrogen-bond acceptors (Lipinski definition) is 4. The molecule has 1 aromatic heterocycles. The fourth-order valence-electron chi connectivity index (χ4n) is 2.27. The van der Waals surface area contributed by atoms with Crippen LogP contribution in [0.3, 0.4) is 0 Å². The van der Waals surface area contributed by atoms with Gasteiger partial charge in [0.2, 0.25) is 0 Å². The molecule has 2 rings (SSSR count). The minimum Gasteiger partial charge on any atom is -0.307 e. The van der Waals surface area contributed by atoms with Gasteiger partial charge >= 0.3 is 0 Å². The summed E-state index contributed by atoms with van der Waals surface area (Å²) in [6, 6.07) is 8.84. The Balaban J connectivity index is 2.07. The van der Waals surface area contributed by atoms with Crippen molar-refractivity contribution in [2.45, 2.75) is 52.6 Å². The molecule has 0 saturated carbocycles. The summed E-state index contributed by atoms with van der Waals surface area (Å²) in [5.74, 6) is 1.44. The van der Waals surface area contributed by atoms with Gasteiger partial charge in [-0.3, -0.25) is 0 Å². The van der Waals surface area contributed by atoms with Crippen molar-refractivity contribution in [3.05, 3.63) is 41.2 Å². The molecule has 0 aliphatic rings. The van der Waals surface area contributed by atoms with E-state index in [4.69, 9.17) is 0 Å². The normalized spacial score (nSPS) is 12.8. The van der Waals surface area contributed by atoms with E-state index in [9.17, 15) is 0 Å². The Hall–Kier alpha value is -1.75. The topological polar surface area (TPSA) is 55.6 Å². The molecule has 0 aliphatic heterocycles. The fraction of sp³-hybridized carbons (Fsp3) is 0.562. The van der Waals surface area contributed by atoms with Crippen LogP contribution in [0.5, 0.6) is 0 Å². The maximum Gasteiger partial charge on any atom is 0.168 e. The minimum absolute atomic E-state index is 0.162. The summed E-state index contributed by atoms with van der Waals surface area (Å²) in [6.45, 7) is 10.3. The molecular weight excluding hydrogens is 262 g/mol. The van der Waals surface area contributed by atoms with E-state index in [-0.39, 0.29) is 6.04 Å². The Morgan fingerprint density at radius 1 is 1.14 bits per heavy atom. The Kier molecular flexibility index (Phi) is 5.44. The Morgan fingerprint density at radius 3 is 2.48 bits per heavy atom. The summed E-state index contributed by atoms with van der Waals surface area (Å²) in [7, 11) is 0. The summed E-state index contributed by atoms with van der Waals surface area (Å²) in [4.78, 5) is 0. The molecule has 1 N–H and O–H groups in total. The summed E-state index contributed by atoms with van der Waals surface area (Å²) < 4.78 is 1.87. The van der Waals surface area contributed by atoms with Crippen molar-refractivity contribution in [2.75, 3.05) is 6.54 Å². The van der Waals surface area contributed by atoms with Crippen molar-refractivity contribution < 1.29 is 0 Å². The highest BCUT2D eigenvalue weighted by Gasteiger charge is 2.13. The number of benzene rings is 1. The van der Waals surface area contributed by atoms with E-state index < -0.39 is 0 Å². The van der Waals surface area contributed by atoms with E-state index in [1.807, 2.05) is 4.68 Å². The van der Waals surface area contributed by atoms with Crippen LogP contribution in [0.15, 0.2) is 24.3 Å². The van der Waals surface area contributed by atoms with Gasteiger partial charge in [0.05, 0.1) is 12.6 Å². The van der Waals surface area contributed by atoms with Crippen LogP contribution >= 0.6 is 0 Å². The van der Waals surface area contributed by atoms with E-state index >= 15 is 0 Å². The third-order valence-electron chi connectivity index (χ3n) is 3.63. The molecule has 1 heterocycles. The lowest BCUT2D eigenvalue weighted by Gasteiger charge is -2.13. The first-order chi connectivity index (χ1) is 10.1. The molecule has 0 fully saturated rings. The van der Waals surface area contributed by atoms with E-state index in [2.05, 4.69) is 72.8 Å². The standard InChI is InChI=1S/C16H25N5/c1-5-10-17-13(4)16-18-19-20-21(16)11-14-6-8-15(9-7-14)12(2)3/h6-9,12-13,17H,5,10-11H2,1-4H3. The quantitative estimate of drug-likeness (QED) is 0.850. The first kappa shape index (κ1) is 15.6. The highest BCUT2D eigenvalue weighted by atomic mass is 15.5. The monoisotopic (exact) mass is 287 g/mol. The van der Waals surface area contributed by atoms with Crippen LogP contribution in [0.1, 0.15) is 63.0 Å². The lowest BCUT2D eigenvalue weighted by atomic mass is 10.0. The van der Waals surface area contributed by atoms with Crippen molar-refractivity contribution in [3.8, 4) is 0 Å². The van der Waals surface area contributed by atoms with Crippen molar-refractivity contribution in [1.82, 2.24) is 25.5 Å². The number of nitrogens with zero attached hydrogens (tertiary/aromatic N) is 4. The van der Waals surface area contributed by atoms with E-state index in [0.717, 1.165) is 18.8 Å². The van der Waals surface area contributed by atoms with Crippen molar-refractivity contribution in [3.63, 3.8) is 0 Å². The molecule has 5 heteroatoms. The Labute approximate surface area is 126 Å². The molecule has 1 unspecified atom stereocenters. The van der Waals surface area contributed by atoms with Crippen LogP contribution in [0.2, 0.25) is 0 Å². The first-order valence-corrected chi connectivity index (χ1v) is 7.70. The molecule has 21 heavy (non-hydrogen) atoms. The zero-order chi connectivity index (χ0) is 15.2. The molecule has 2 aromatic rings. The second-order valence-electron chi connectivity index (χ2n) is 5.77. The van der Waals surface area contributed by atoms with Gasteiger partial charge in [-0.05, 0) is 47.4 Å². The Morgan fingerprint density at radius 2 is 1.86 bits per heavy atom. The third kappa shape index (κ3) is 4.11. The molecule has 0 radical (unpaired) electrons. The van der Waals surface area contributed by atoms with Crippen molar-refractivity contribution in [1.29, 1.82) is 0 Å². The average Bonchev–Trinajstić information content (AvgIpc) is 2.93. The summed E-state index contributed by atoms with van der Waals surface area (Å²) in [5, 5.41) is 15.5. The maximum absolute atomic E-state index is 4.15. The molecule has 0 aliphatic carbocycles. The highest BCUT2D eigenvalue weighted by Crippen LogP contribution is 2.16. The van der Waals surface area contributed by atoms with Gasteiger partial charge < -0.3 is 5.32 Å². The number of rotatable bonds is 7. The summed E-state index contributed by atoms with van der Waals surface area (Å²) in [6.07, 6.45) is 1.10. The van der Waals surface area contributed by atoms with Crippen molar-refractivity contribution >= 4 is 0 Å². The predicted octanol–water partition coefficient (Wildman–Crippen LogP) is 2.91. The van der Waals surface area contributed by atoms with Gasteiger partial charge in [0.25, 0.3) is 0 Å². The largest absolute Gasteiger partial charge is 0.307 e. The molecule has 0 spiro atoms. The van der Waals surface area contributed by atoms with Crippen LogP contribution < -0.4 is 5.32 Å². The van der Waals surface area contributed by atoms with E-state index in [1.165, 1.54) is 11.1 Å². The van der Waals surface area contributed by atoms with Crippen LogP contribution in [-0.4, -0.2) is 26.8 Å². The zero-order valence-corrected chi connectivity index (χ0v) is 13.4. The molecule has 5 nitrogen and oxygen atoms in total. The van der Waals surface area contributed by atoms with Crippen LogP contribution in [0, 0.1) is 0 Å². The molecule has 0 bridgehead atoms.